The average Bonchev–Trinajstić information content (AvgIpc) is 3.23. The molecular formula is C30H32N2O5. The van der Waals surface area contributed by atoms with Gasteiger partial charge in [-0.3, -0.25) is 4.79 Å². The number of aliphatic carboxylic acids is 1. The molecule has 0 aliphatic heterocycles. The maximum absolute atomic E-state index is 13.1. The second-order valence-corrected chi connectivity index (χ2v) is 9.25. The van der Waals surface area contributed by atoms with Crippen LogP contribution in [0.25, 0.3) is 11.1 Å². The van der Waals surface area contributed by atoms with E-state index in [1.165, 1.54) is 0 Å². The quantitative estimate of drug-likeness (QED) is 0.348. The largest absolute Gasteiger partial charge is 0.480 e. The summed E-state index contributed by atoms with van der Waals surface area (Å²) in [6.07, 6.45) is 1.28. The third kappa shape index (κ3) is 6.36. The van der Waals surface area contributed by atoms with Crippen molar-refractivity contribution in [3.05, 3.63) is 95.6 Å². The Bertz CT molecular complexity index is 1200. The molecule has 7 heteroatoms. The Kier molecular flexibility index (Phi) is 8.56. The molecule has 2 amide bonds. The van der Waals surface area contributed by atoms with Crippen LogP contribution in [-0.2, 0) is 20.7 Å². The summed E-state index contributed by atoms with van der Waals surface area (Å²) in [6.45, 7) is 2.07. The molecule has 4 rings (SSSR count). The number of benzene rings is 3. The van der Waals surface area contributed by atoms with Crippen molar-refractivity contribution in [3.63, 3.8) is 0 Å². The predicted molar refractivity (Wildman–Crippen MR) is 141 cm³/mol. The van der Waals surface area contributed by atoms with Gasteiger partial charge in [-0.25, -0.2) is 9.59 Å². The van der Waals surface area contributed by atoms with Crippen molar-refractivity contribution in [1.29, 1.82) is 0 Å². The van der Waals surface area contributed by atoms with Gasteiger partial charge in [0.15, 0.2) is 0 Å². The minimum absolute atomic E-state index is 0.106. The number of ether oxygens (including phenoxy) is 1. The average molecular weight is 501 g/mol. The van der Waals surface area contributed by atoms with Crippen molar-refractivity contribution in [2.75, 3.05) is 6.61 Å². The number of carboxylic acids is 1. The predicted octanol–water partition coefficient (Wildman–Crippen LogP) is 4.90. The molecule has 1 aliphatic rings. The molecule has 3 aromatic rings. The molecule has 7 nitrogen and oxygen atoms in total. The molecule has 0 radical (unpaired) electrons. The normalized spacial score (nSPS) is 13.6. The third-order valence-corrected chi connectivity index (χ3v) is 6.70. The molecule has 3 aromatic carbocycles. The highest BCUT2D eigenvalue weighted by molar-refractivity contribution is 5.89. The van der Waals surface area contributed by atoms with Gasteiger partial charge in [-0.2, -0.15) is 0 Å². The molecule has 1 aliphatic carbocycles. The van der Waals surface area contributed by atoms with Crippen molar-refractivity contribution in [2.45, 2.75) is 50.6 Å². The Morgan fingerprint density at radius 2 is 1.43 bits per heavy atom. The topological polar surface area (TPSA) is 105 Å². The lowest BCUT2D eigenvalue weighted by Crippen LogP contribution is -2.52. The van der Waals surface area contributed by atoms with E-state index in [4.69, 9.17) is 4.74 Å². The number of carbonyl (C=O) groups excluding carboxylic acids is 2. The van der Waals surface area contributed by atoms with Crippen LogP contribution in [0.3, 0.4) is 0 Å². The van der Waals surface area contributed by atoms with Gasteiger partial charge in [0.05, 0.1) is 0 Å². The molecular weight excluding hydrogens is 468 g/mol. The number of rotatable bonds is 11. The van der Waals surface area contributed by atoms with E-state index >= 15 is 0 Å². The lowest BCUT2D eigenvalue weighted by Gasteiger charge is -2.22. The zero-order chi connectivity index (χ0) is 26.2. The molecule has 2 atom stereocenters. The first-order chi connectivity index (χ1) is 18.0. The zero-order valence-electron chi connectivity index (χ0n) is 20.9. The highest BCUT2D eigenvalue weighted by Gasteiger charge is 2.30. The minimum atomic E-state index is -1.10. The molecule has 0 bridgehead atoms. The lowest BCUT2D eigenvalue weighted by molar-refractivity contribution is -0.142. The van der Waals surface area contributed by atoms with E-state index in [2.05, 4.69) is 22.8 Å². The molecule has 37 heavy (non-hydrogen) atoms. The molecule has 0 spiro atoms. The van der Waals surface area contributed by atoms with E-state index in [-0.39, 0.29) is 18.9 Å². The summed E-state index contributed by atoms with van der Waals surface area (Å²) < 4.78 is 5.63. The van der Waals surface area contributed by atoms with Crippen LogP contribution in [0.1, 0.15) is 48.8 Å². The van der Waals surface area contributed by atoms with Gasteiger partial charge in [0.2, 0.25) is 5.91 Å². The van der Waals surface area contributed by atoms with Crippen LogP contribution >= 0.6 is 0 Å². The molecule has 1 unspecified atom stereocenters. The first-order valence-corrected chi connectivity index (χ1v) is 12.7. The first kappa shape index (κ1) is 25.9. The summed E-state index contributed by atoms with van der Waals surface area (Å²) >= 11 is 0. The summed E-state index contributed by atoms with van der Waals surface area (Å²) in [7, 11) is 0. The fourth-order valence-electron chi connectivity index (χ4n) is 4.78. The number of alkyl carbamates (subject to hydrolysis) is 1. The van der Waals surface area contributed by atoms with Gasteiger partial charge < -0.3 is 20.5 Å². The Morgan fingerprint density at radius 1 is 0.838 bits per heavy atom. The minimum Gasteiger partial charge on any atom is -0.480 e. The number of unbranched alkanes of at least 4 members (excludes halogenated alkanes) is 1. The van der Waals surface area contributed by atoms with Crippen molar-refractivity contribution in [1.82, 2.24) is 10.6 Å². The Morgan fingerprint density at radius 3 is 2.03 bits per heavy atom. The maximum atomic E-state index is 13.1. The summed E-state index contributed by atoms with van der Waals surface area (Å²) in [5, 5.41) is 14.8. The Balaban J connectivity index is 1.45. The van der Waals surface area contributed by atoms with E-state index in [1.54, 1.807) is 0 Å². The van der Waals surface area contributed by atoms with Gasteiger partial charge in [-0.1, -0.05) is 98.6 Å². The van der Waals surface area contributed by atoms with Gasteiger partial charge in [-0.05, 0) is 34.2 Å². The van der Waals surface area contributed by atoms with E-state index in [0.717, 1.165) is 34.2 Å². The fourth-order valence-corrected chi connectivity index (χ4v) is 4.78. The second kappa shape index (κ2) is 12.2. The number of fused-ring (bicyclic) bond motifs is 3. The smallest absolute Gasteiger partial charge is 0.407 e. The van der Waals surface area contributed by atoms with E-state index in [1.807, 2.05) is 73.7 Å². The first-order valence-electron chi connectivity index (χ1n) is 12.7. The van der Waals surface area contributed by atoms with Crippen LogP contribution < -0.4 is 10.6 Å². The Labute approximate surface area is 216 Å². The summed E-state index contributed by atoms with van der Waals surface area (Å²) in [4.78, 5) is 37.7. The number of carboxylic acid groups (broad SMARTS) is 1. The molecule has 0 saturated heterocycles. The van der Waals surface area contributed by atoms with Crippen LogP contribution in [0.4, 0.5) is 4.79 Å². The van der Waals surface area contributed by atoms with E-state index in [0.29, 0.717) is 12.8 Å². The van der Waals surface area contributed by atoms with Gasteiger partial charge in [0.1, 0.15) is 18.7 Å². The number of hydrogen-bond acceptors (Lipinski definition) is 4. The summed E-state index contributed by atoms with van der Waals surface area (Å²) in [5.74, 6) is -1.76. The van der Waals surface area contributed by atoms with Crippen molar-refractivity contribution in [3.8, 4) is 11.1 Å². The number of amides is 2. The molecule has 0 heterocycles. The monoisotopic (exact) mass is 500 g/mol. The number of nitrogens with one attached hydrogen (secondary N) is 2. The fraction of sp³-hybridized carbons (Fsp3) is 0.300. The van der Waals surface area contributed by atoms with Gasteiger partial charge >= 0.3 is 12.1 Å². The Hall–Kier alpha value is -4.13. The van der Waals surface area contributed by atoms with Crippen molar-refractivity contribution in [2.24, 2.45) is 0 Å². The molecule has 3 N–H and O–H groups in total. The van der Waals surface area contributed by atoms with Crippen LogP contribution in [0, 0.1) is 0 Å². The molecule has 0 fully saturated rings. The zero-order valence-corrected chi connectivity index (χ0v) is 20.9. The van der Waals surface area contributed by atoms with Crippen molar-refractivity contribution >= 4 is 18.0 Å². The highest BCUT2D eigenvalue weighted by Crippen LogP contribution is 2.44. The van der Waals surface area contributed by atoms with Gasteiger partial charge in [0.25, 0.3) is 0 Å². The molecule has 0 aromatic heterocycles. The SMILES string of the molecule is CCCC[C@H](NC(=O)C(Cc1ccccc1)NC(=O)OCC1c2ccccc2-c2ccccc21)C(=O)O. The van der Waals surface area contributed by atoms with E-state index in [9.17, 15) is 19.5 Å². The maximum Gasteiger partial charge on any atom is 0.407 e. The van der Waals surface area contributed by atoms with Crippen LogP contribution in [0.2, 0.25) is 0 Å². The van der Waals surface area contributed by atoms with E-state index < -0.39 is 30.1 Å². The summed E-state index contributed by atoms with van der Waals surface area (Å²) in [6, 6.07) is 23.4. The van der Waals surface area contributed by atoms with Gasteiger partial charge in [0, 0.05) is 12.3 Å². The lowest BCUT2D eigenvalue weighted by atomic mass is 9.98. The summed E-state index contributed by atoms with van der Waals surface area (Å²) in [5.41, 5.74) is 5.27. The number of hydrogen-bond donors (Lipinski definition) is 3. The van der Waals surface area contributed by atoms with Gasteiger partial charge in [-0.15, -0.1) is 0 Å². The van der Waals surface area contributed by atoms with Crippen LogP contribution in [0.15, 0.2) is 78.9 Å². The molecule has 192 valence electrons. The molecule has 0 saturated carbocycles. The standard InChI is InChI=1S/C30H32N2O5/c1-2-3-17-26(29(34)35)31-28(33)27(18-20-11-5-4-6-12-20)32-30(36)37-19-25-23-15-9-7-13-21(23)22-14-8-10-16-24(22)25/h4-16,25-27H,2-3,17-19H2,1H3,(H,31,33)(H,32,36)(H,34,35)/t26-,27?/m0/s1. The van der Waals surface area contributed by atoms with Crippen LogP contribution in [0.5, 0.6) is 0 Å². The third-order valence-electron chi connectivity index (χ3n) is 6.70. The highest BCUT2D eigenvalue weighted by atomic mass is 16.5. The number of carbonyl (C=O) groups is 3. The van der Waals surface area contributed by atoms with Crippen LogP contribution in [-0.4, -0.2) is 41.8 Å². The van der Waals surface area contributed by atoms with Crippen molar-refractivity contribution < 1.29 is 24.2 Å². The second-order valence-electron chi connectivity index (χ2n) is 9.25.